The van der Waals surface area contributed by atoms with E-state index in [0.29, 0.717) is 17.7 Å². The molecule has 0 amide bonds. The lowest BCUT2D eigenvalue weighted by Crippen LogP contribution is -2.31. The van der Waals surface area contributed by atoms with Crippen molar-refractivity contribution < 1.29 is 4.79 Å². The molecule has 16 heavy (non-hydrogen) atoms. The Morgan fingerprint density at radius 3 is 2.88 bits per heavy atom. The van der Waals surface area contributed by atoms with Gasteiger partial charge in [-0.05, 0) is 58.2 Å². The van der Waals surface area contributed by atoms with E-state index in [9.17, 15) is 4.79 Å². The minimum atomic E-state index is 0.371. The van der Waals surface area contributed by atoms with Crippen LogP contribution in [0.25, 0.3) is 0 Å². The zero-order valence-electron chi connectivity index (χ0n) is 10.9. The molecule has 1 fully saturated rings. The smallest absolute Gasteiger partial charge is 0.136 e. The highest BCUT2D eigenvalue weighted by Gasteiger charge is 2.24. The van der Waals surface area contributed by atoms with Gasteiger partial charge < -0.3 is 4.90 Å². The topological polar surface area (TPSA) is 20.3 Å². The number of carbonyl (C=O) groups excluding carboxylic acids is 1. The lowest BCUT2D eigenvalue weighted by molar-refractivity contribution is -0.120. The predicted molar refractivity (Wildman–Crippen MR) is 72.1 cm³/mol. The van der Waals surface area contributed by atoms with E-state index in [1.807, 2.05) is 11.8 Å². The van der Waals surface area contributed by atoms with Gasteiger partial charge in [-0.3, -0.25) is 4.79 Å². The first-order chi connectivity index (χ1) is 7.65. The molecule has 1 aliphatic carbocycles. The highest BCUT2D eigenvalue weighted by atomic mass is 32.2. The SMILES string of the molecule is CSCCC(C)N(C)CCC1CCCC1=O. The van der Waals surface area contributed by atoms with Crippen LogP contribution in [0.5, 0.6) is 0 Å². The van der Waals surface area contributed by atoms with Gasteiger partial charge in [-0.1, -0.05) is 0 Å². The molecule has 0 saturated heterocycles. The van der Waals surface area contributed by atoms with E-state index in [4.69, 9.17) is 0 Å². The maximum absolute atomic E-state index is 11.5. The van der Waals surface area contributed by atoms with Gasteiger partial charge in [-0.15, -0.1) is 0 Å². The van der Waals surface area contributed by atoms with Crippen molar-refractivity contribution in [3.8, 4) is 0 Å². The minimum Gasteiger partial charge on any atom is -0.304 e. The van der Waals surface area contributed by atoms with Crippen LogP contribution in [0.3, 0.4) is 0 Å². The van der Waals surface area contributed by atoms with Crippen LogP contribution in [0.4, 0.5) is 0 Å². The van der Waals surface area contributed by atoms with Crippen molar-refractivity contribution in [1.29, 1.82) is 0 Å². The fourth-order valence-corrected chi connectivity index (χ4v) is 2.86. The lowest BCUT2D eigenvalue weighted by Gasteiger charge is -2.25. The quantitative estimate of drug-likeness (QED) is 0.686. The molecule has 2 nitrogen and oxygen atoms in total. The first kappa shape index (κ1) is 14.0. The summed E-state index contributed by atoms with van der Waals surface area (Å²) in [5.74, 6) is 2.11. The van der Waals surface area contributed by atoms with Crippen molar-refractivity contribution in [2.24, 2.45) is 5.92 Å². The van der Waals surface area contributed by atoms with E-state index in [0.717, 1.165) is 32.2 Å². The number of nitrogens with zero attached hydrogens (tertiary/aromatic N) is 1. The average molecular weight is 243 g/mol. The molecule has 1 aliphatic rings. The number of hydrogen-bond donors (Lipinski definition) is 0. The lowest BCUT2D eigenvalue weighted by atomic mass is 10.0. The van der Waals surface area contributed by atoms with Gasteiger partial charge in [-0.25, -0.2) is 0 Å². The third-order valence-corrected chi connectivity index (χ3v) is 4.40. The third kappa shape index (κ3) is 4.46. The molecule has 0 aromatic rings. The zero-order valence-corrected chi connectivity index (χ0v) is 11.7. The van der Waals surface area contributed by atoms with E-state index in [-0.39, 0.29) is 0 Å². The van der Waals surface area contributed by atoms with Crippen molar-refractivity contribution in [3.05, 3.63) is 0 Å². The van der Waals surface area contributed by atoms with Gasteiger partial charge in [0.2, 0.25) is 0 Å². The standard InChI is InChI=1S/C13H25NOS/c1-11(8-10-16-3)14(2)9-7-12-5-4-6-13(12)15/h11-12H,4-10H2,1-3H3. The number of thioether (sulfide) groups is 1. The van der Waals surface area contributed by atoms with Crippen LogP contribution < -0.4 is 0 Å². The van der Waals surface area contributed by atoms with Crippen molar-refractivity contribution in [1.82, 2.24) is 4.90 Å². The number of ketones is 1. The number of hydrogen-bond acceptors (Lipinski definition) is 3. The van der Waals surface area contributed by atoms with Crippen molar-refractivity contribution >= 4 is 17.5 Å². The van der Waals surface area contributed by atoms with Gasteiger partial charge in [0.05, 0.1) is 0 Å². The molecule has 0 aromatic heterocycles. The summed E-state index contributed by atoms with van der Waals surface area (Å²) in [6.45, 7) is 3.36. The van der Waals surface area contributed by atoms with Crippen LogP contribution in [0.2, 0.25) is 0 Å². The zero-order chi connectivity index (χ0) is 12.0. The predicted octanol–water partition coefficient (Wildman–Crippen LogP) is 2.82. The Balaban J connectivity index is 2.18. The average Bonchev–Trinajstić information content (AvgIpc) is 2.68. The largest absolute Gasteiger partial charge is 0.304 e. The molecule has 0 radical (unpaired) electrons. The van der Waals surface area contributed by atoms with Crippen molar-refractivity contribution in [2.75, 3.05) is 25.6 Å². The first-order valence-corrected chi connectivity index (χ1v) is 7.76. The molecular formula is C13H25NOS. The van der Waals surface area contributed by atoms with Crippen LogP contribution in [0.15, 0.2) is 0 Å². The second-order valence-electron chi connectivity index (χ2n) is 4.96. The Labute approximate surface area is 104 Å². The maximum atomic E-state index is 11.5. The molecule has 1 rings (SSSR count). The summed E-state index contributed by atoms with van der Waals surface area (Å²) < 4.78 is 0. The van der Waals surface area contributed by atoms with Crippen LogP contribution in [-0.4, -0.2) is 42.3 Å². The number of carbonyl (C=O) groups is 1. The molecule has 0 aromatic carbocycles. The second kappa shape index (κ2) is 7.33. The molecule has 0 spiro atoms. The first-order valence-electron chi connectivity index (χ1n) is 6.37. The number of Topliss-reactive ketones (excluding diaryl/α,β-unsaturated/α-hetero) is 1. The van der Waals surface area contributed by atoms with Crippen molar-refractivity contribution in [2.45, 2.75) is 45.1 Å². The normalized spacial score (nSPS) is 23.0. The fourth-order valence-electron chi connectivity index (χ4n) is 2.28. The van der Waals surface area contributed by atoms with Crippen LogP contribution >= 0.6 is 11.8 Å². The van der Waals surface area contributed by atoms with E-state index in [2.05, 4.69) is 25.1 Å². The van der Waals surface area contributed by atoms with Crippen LogP contribution in [0, 0.1) is 5.92 Å². The van der Waals surface area contributed by atoms with Crippen LogP contribution in [0.1, 0.15) is 39.0 Å². The molecule has 2 unspecified atom stereocenters. The Hall–Kier alpha value is -0.0200. The van der Waals surface area contributed by atoms with Gasteiger partial charge in [0.1, 0.15) is 5.78 Å². The summed E-state index contributed by atoms with van der Waals surface area (Å²) in [5, 5.41) is 0. The highest BCUT2D eigenvalue weighted by Crippen LogP contribution is 2.24. The van der Waals surface area contributed by atoms with Crippen LogP contribution in [-0.2, 0) is 4.79 Å². The summed E-state index contributed by atoms with van der Waals surface area (Å²) in [7, 11) is 2.18. The molecule has 0 bridgehead atoms. The van der Waals surface area contributed by atoms with E-state index < -0.39 is 0 Å². The molecule has 3 heteroatoms. The van der Waals surface area contributed by atoms with Gasteiger partial charge in [0.15, 0.2) is 0 Å². The van der Waals surface area contributed by atoms with Gasteiger partial charge >= 0.3 is 0 Å². The summed E-state index contributed by atoms with van der Waals surface area (Å²) in [6, 6.07) is 0.643. The molecular weight excluding hydrogens is 218 g/mol. The molecule has 1 saturated carbocycles. The minimum absolute atomic E-state index is 0.371. The van der Waals surface area contributed by atoms with E-state index in [1.165, 1.54) is 12.2 Å². The summed E-state index contributed by atoms with van der Waals surface area (Å²) in [5.41, 5.74) is 0. The van der Waals surface area contributed by atoms with Gasteiger partial charge in [0, 0.05) is 18.4 Å². The fraction of sp³-hybridized carbons (Fsp3) is 0.923. The van der Waals surface area contributed by atoms with E-state index >= 15 is 0 Å². The summed E-state index contributed by atoms with van der Waals surface area (Å²) >= 11 is 1.91. The maximum Gasteiger partial charge on any atom is 0.136 e. The van der Waals surface area contributed by atoms with Gasteiger partial charge in [-0.2, -0.15) is 11.8 Å². The summed E-state index contributed by atoms with van der Waals surface area (Å²) in [4.78, 5) is 13.9. The Morgan fingerprint density at radius 2 is 2.31 bits per heavy atom. The number of rotatable bonds is 7. The monoisotopic (exact) mass is 243 g/mol. The van der Waals surface area contributed by atoms with Gasteiger partial charge in [0.25, 0.3) is 0 Å². The van der Waals surface area contributed by atoms with E-state index in [1.54, 1.807) is 0 Å². The second-order valence-corrected chi connectivity index (χ2v) is 5.94. The molecule has 0 N–H and O–H groups in total. The molecule has 0 aliphatic heterocycles. The molecule has 0 heterocycles. The summed E-state index contributed by atoms with van der Waals surface area (Å²) in [6.07, 6.45) is 7.55. The van der Waals surface area contributed by atoms with Crippen molar-refractivity contribution in [3.63, 3.8) is 0 Å². The Kier molecular flexibility index (Phi) is 6.44. The highest BCUT2D eigenvalue weighted by molar-refractivity contribution is 7.98. The Morgan fingerprint density at radius 1 is 1.56 bits per heavy atom. The molecule has 94 valence electrons. The molecule has 2 atom stereocenters. The third-order valence-electron chi connectivity index (χ3n) is 3.75. The Bertz CT molecular complexity index is 220.